The first-order valence-corrected chi connectivity index (χ1v) is 9.21. The van der Waals surface area contributed by atoms with Crippen LogP contribution in [0.3, 0.4) is 0 Å². The molecule has 0 amide bonds. The molecule has 2 aromatic heterocycles. The van der Waals surface area contributed by atoms with E-state index in [4.69, 9.17) is 0 Å². The van der Waals surface area contributed by atoms with Crippen molar-refractivity contribution in [2.24, 2.45) is 5.92 Å². The van der Waals surface area contributed by atoms with Gasteiger partial charge in [0.15, 0.2) is 0 Å². The van der Waals surface area contributed by atoms with E-state index in [2.05, 4.69) is 50.6 Å². The first-order chi connectivity index (χ1) is 11.9. The molecule has 0 aliphatic heterocycles. The van der Waals surface area contributed by atoms with Gasteiger partial charge in [-0.25, -0.2) is 4.98 Å². The second-order valence-corrected chi connectivity index (χ2v) is 7.30. The van der Waals surface area contributed by atoms with Gasteiger partial charge in [-0.2, -0.15) is 0 Å². The molecule has 2 heterocycles. The number of benzene rings is 1. The number of thiazole rings is 1. The molecule has 1 fully saturated rings. The fourth-order valence-electron chi connectivity index (χ4n) is 3.12. The topological polar surface area (TPSA) is 50.7 Å². The Labute approximate surface area is 146 Å². The van der Waals surface area contributed by atoms with Gasteiger partial charge in [-0.05, 0) is 24.3 Å². The molecule has 4 nitrogen and oxygen atoms in total. The van der Waals surface area contributed by atoms with Crippen LogP contribution in [-0.4, -0.2) is 15.0 Å². The number of aromatic nitrogens is 3. The molecular weight excluding hydrogens is 316 g/mol. The smallest absolute Gasteiger partial charge is 0.143 e. The standard InChI is InChI=1S/C19H20N4S/c1-2-5-14(6-3-1)18(15-7-4-8-15)22-11-16-12-23-19(24-16)17-13-20-9-10-21-17/h1-3,5-6,9-10,12-13,15,18,22H,4,7-8,11H2. The van der Waals surface area contributed by atoms with Gasteiger partial charge >= 0.3 is 0 Å². The molecule has 5 heteroatoms. The molecule has 0 saturated heterocycles. The van der Waals surface area contributed by atoms with Crippen molar-refractivity contribution < 1.29 is 0 Å². The molecule has 0 spiro atoms. The summed E-state index contributed by atoms with van der Waals surface area (Å²) in [6, 6.07) is 11.2. The average Bonchev–Trinajstić information content (AvgIpc) is 3.07. The van der Waals surface area contributed by atoms with Crippen molar-refractivity contribution in [2.45, 2.75) is 31.8 Å². The zero-order valence-corrected chi connectivity index (χ0v) is 14.2. The van der Waals surface area contributed by atoms with Crippen LogP contribution in [0.2, 0.25) is 0 Å². The van der Waals surface area contributed by atoms with Crippen LogP contribution in [0.4, 0.5) is 0 Å². The van der Waals surface area contributed by atoms with Crippen molar-refractivity contribution in [3.8, 4) is 10.7 Å². The molecule has 1 unspecified atom stereocenters. The van der Waals surface area contributed by atoms with E-state index in [-0.39, 0.29) is 0 Å². The van der Waals surface area contributed by atoms with Crippen molar-refractivity contribution in [2.75, 3.05) is 0 Å². The lowest BCUT2D eigenvalue weighted by atomic mass is 9.77. The third-order valence-corrected chi connectivity index (χ3v) is 5.63. The predicted molar refractivity (Wildman–Crippen MR) is 96.5 cm³/mol. The highest BCUT2D eigenvalue weighted by Gasteiger charge is 2.28. The molecule has 122 valence electrons. The minimum Gasteiger partial charge on any atom is -0.305 e. The third-order valence-electron chi connectivity index (χ3n) is 4.61. The van der Waals surface area contributed by atoms with Crippen LogP contribution in [0.1, 0.15) is 35.7 Å². The molecule has 1 aromatic carbocycles. The van der Waals surface area contributed by atoms with Crippen LogP contribution in [0.15, 0.2) is 55.1 Å². The number of nitrogens with one attached hydrogen (secondary N) is 1. The first kappa shape index (κ1) is 15.4. The zero-order valence-electron chi connectivity index (χ0n) is 13.4. The molecule has 3 aromatic rings. The lowest BCUT2D eigenvalue weighted by Crippen LogP contribution is -2.31. The Morgan fingerprint density at radius 3 is 2.67 bits per heavy atom. The molecule has 4 rings (SSSR count). The van der Waals surface area contributed by atoms with E-state index in [0.29, 0.717) is 6.04 Å². The van der Waals surface area contributed by atoms with Gasteiger partial charge in [0.05, 0.1) is 6.20 Å². The monoisotopic (exact) mass is 336 g/mol. The summed E-state index contributed by atoms with van der Waals surface area (Å²) in [7, 11) is 0. The van der Waals surface area contributed by atoms with Crippen molar-refractivity contribution in [3.63, 3.8) is 0 Å². The quantitative estimate of drug-likeness (QED) is 0.732. The summed E-state index contributed by atoms with van der Waals surface area (Å²) < 4.78 is 0. The third kappa shape index (κ3) is 3.37. The molecule has 0 bridgehead atoms. The Hall–Kier alpha value is -2.11. The molecule has 1 aliphatic carbocycles. The largest absolute Gasteiger partial charge is 0.305 e. The van der Waals surface area contributed by atoms with Gasteiger partial charge in [0.1, 0.15) is 10.7 Å². The van der Waals surface area contributed by atoms with Crippen LogP contribution in [0, 0.1) is 5.92 Å². The van der Waals surface area contributed by atoms with E-state index in [1.165, 1.54) is 29.7 Å². The van der Waals surface area contributed by atoms with E-state index in [1.807, 2.05) is 6.20 Å². The van der Waals surface area contributed by atoms with E-state index >= 15 is 0 Å². The zero-order chi connectivity index (χ0) is 16.2. The minimum absolute atomic E-state index is 0.432. The van der Waals surface area contributed by atoms with Crippen molar-refractivity contribution in [1.82, 2.24) is 20.3 Å². The minimum atomic E-state index is 0.432. The van der Waals surface area contributed by atoms with Crippen LogP contribution in [0.5, 0.6) is 0 Å². The highest BCUT2D eigenvalue weighted by atomic mass is 32.1. The Morgan fingerprint density at radius 2 is 1.96 bits per heavy atom. The average molecular weight is 336 g/mol. The molecule has 0 radical (unpaired) electrons. The molecule has 1 saturated carbocycles. The number of rotatable bonds is 6. The fourth-order valence-corrected chi connectivity index (χ4v) is 3.94. The van der Waals surface area contributed by atoms with E-state index in [1.54, 1.807) is 29.9 Å². The number of hydrogen-bond acceptors (Lipinski definition) is 5. The van der Waals surface area contributed by atoms with Gasteiger partial charge in [0.2, 0.25) is 0 Å². The normalized spacial score (nSPS) is 15.8. The molecule has 1 atom stereocenters. The summed E-state index contributed by atoms with van der Waals surface area (Å²) in [5, 5.41) is 4.68. The van der Waals surface area contributed by atoms with E-state index in [9.17, 15) is 0 Å². The van der Waals surface area contributed by atoms with Gasteiger partial charge < -0.3 is 5.32 Å². The van der Waals surface area contributed by atoms with Gasteiger partial charge in [-0.1, -0.05) is 36.8 Å². The Balaban J connectivity index is 1.46. The number of nitrogens with zero attached hydrogens (tertiary/aromatic N) is 3. The fraction of sp³-hybridized carbons (Fsp3) is 0.316. The predicted octanol–water partition coefficient (Wildman–Crippen LogP) is 4.23. The second-order valence-electron chi connectivity index (χ2n) is 6.18. The van der Waals surface area contributed by atoms with E-state index in [0.717, 1.165) is 23.2 Å². The molecule has 24 heavy (non-hydrogen) atoms. The van der Waals surface area contributed by atoms with Gasteiger partial charge in [0.25, 0.3) is 0 Å². The maximum absolute atomic E-state index is 4.49. The van der Waals surface area contributed by atoms with Crippen LogP contribution < -0.4 is 5.32 Å². The maximum Gasteiger partial charge on any atom is 0.143 e. The molecule has 1 N–H and O–H groups in total. The summed E-state index contributed by atoms with van der Waals surface area (Å²) >= 11 is 1.68. The Morgan fingerprint density at radius 1 is 1.08 bits per heavy atom. The molecule has 1 aliphatic rings. The van der Waals surface area contributed by atoms with Crippen molar-refractivity contribution in [1.29, 1.82) is 0 Å². The molecular formula is C19H20N4S. The highest BCUT2D eigenvalue weighted by Crippen LogP contribution is 2.38. The summed E-state index contributed by atoms with van der Waals surface area (Å²) in [6.45, 7) is 0.841. The lowest BCUT2D eigenvalue weighted by Gasteiger charge is -2.34. The van der Waals surface area contributed by atoms with Gasteiger partial charge in [-0.3, -0.25) is 9.97 Å². The van der Waals surface area contributed by atoms with Gasteiger partial charge in [0, 0.05) is 36.1 Å². The van der Waals surface area contributed by atoms with Crippen LogP contribution in [0.25, 0.3) is 10.7 Å². The number of hydrogen-bond donors (Lipinski definition) is 1. The lowest BCUT2D eigenvalue weighted by molar-refractivity contribution is 0.230. The highest BCUT2D eigenvalue weighted by molar-refractivity contribution is 7.14. The Kier molecular flexibility index (Phi) is 4.62. The Bertz CT molecular complexity index is 768. The van der Waals surface area contributed by atoms with Gasteiger partial charge in [-0.15, -0.1) is 11.3 Å². The maximum atomic E-state index is 4.49. The van der Waals surface area contributed by atoms with E-state index < -0.39 is 0 Å². The summed E-state index contributed by atoms with van der Waals surface area (Å²) in [4.78, 5) is 14.2. The van der Waals surface area contributed by atoms with Crippen molar-refractivity contribution >= 4 is 11.3 Å². The van der Waals surface area contributed by atoms with Crippen LogP contribution in [-0.2, 0) is 6.54 Å². The SMILES string of the molecule is c1ccc(C(NCc2cnc(-c3cnccn3)s2)C2CCC2)cc1. The first-order valence-electron chi connectivity index (χ1n) is 8.39. The van der Waals surface area contributed by atoms with Crippen LogP contribution >= 0.6 is 11.3 Å². The summed E-state index contributed by atoms with van der Waals surface area (Å²) in [5.41, 5.74) is 2.23. The summed E-state index contributed by atoms with van der Waals surface area (Å²) in [5.74, 6) is 0.750. The van der Waals surface area contributed by atoms with Crippen molar-refractivity contribution in [3.05, 3.63) is 65.6 Å². The summed E-state index contributed by atoms with van der Waals surface area (Å²) in [6.07, 6.45) is 11.1. The second kappa shape index (κ2) is 7.20.